The van der Waals surface area contributed by atoms with Crippen LogP contribution in [0.5, 0.6) is 0 Å². The Hall–Kier alpha value is -0.490. The zero-order valence-electron chi connectivity index (χ0n) is 14.3. The third-order valence-corrected chi connectivity index (χ3v) is 7.50. The van der Waals surface area contributed by atoms with Crippen LogP contribution < -0.4 is 0 Å². The lowest BCUT2D eigenvalue weighted by Gasteiger charge is -2.48. The van der Waals surface area contributed by atoms with Gasteiger partial charge < -0.3 is 23.7 Å². The lowest BCUT2D eigenvalue weighted by molar-refractivity contribution is -0.233. The normalized spacial score (nSPS) is 57.8. The summed E-state index contributed by atoms with van der Waals surface area (Å²) < 4.78 is 24.8. The molecule has 5 aliphatic rings. The molecule has 5 nitrogen and oxygen atoms in total. The number of carbonyl (C=O) groups is 1. The molecule has 2 saturated heterocycles. The van der Waals surface area contributed by atoms with Crippen molar-refractivity contribution in [2.24, 2.45) is 28.6 Å². The molecule has 7 atom stereocenters. The maximum Gasteiger partial charge on any atom is 0.173 e. The van der Waals surface area contributed by atoms with Crippen molar-refractivity contribution in [2.75, 3.05) is 13.2 Å². The van der Waals surface area contributed by atoms with Crippen LogP contribution in [0, 0.1) is 28.6 Å². The second-order valence-corrected chi connectivity index (χ2v) is 9.00. The van der Waals surface area contributed by atoms with E-state index >= 15 is 0 Å². The maximum atomic E-state index is 12.4. The van der Waals surface area contributed by atoms with Crippen LogP contribution in [-0.2, 0) is 23.7 Å². The van der Waals surface area contributed by atoms with Crippen molar-refractivity contribution in [1.29, 1.82) is 0 Å². The van der Waals surface area contributed by atoms with Gasteiger partial charge in [-0.1, -0.05) is 13.8 Å². The summed E-state index contributed by atoms with van der Waals surface area (Å²) in [6.45, 7) is 9.63. The second-order valence-electron chi connectivity index (χ2n) is 9.00. The van der Waals surface area contributed by atoms with Gasteiger partial charge in [0.25, 0.3) is 0 Å². The van der Waals surface area contributed by atoms with Gasteiger partial charge in [0.15, 0.2) is 11.6 Å². The molecule has 3 aliphatic carbocycles. The molecule has 128 valence electrons. The summed E-state index contributed by atoms with van der Waals surface area (Å²) in [6, 6.07) is 0. The fourth-order valence-electron chi connectivity index (χ4n) is 7.11. The Morgan fingerprint density at radius 3 is 2.39 bits per heavy atom. The minimum absolute atomic E-state index is 0.00968. The molecule has 0 aromatic rings. The van der Waals surface area contributed by atoms with E-state index in [1.165, 1.54) is 6.29 Å². The van der Waals surface area contributed by atoms with Crippen molar-refractivity contribution in [3.05, 3.63) is 0 Å². The Kier molecular flexibility index (Phi) is 2.58. The van der Waals surface area contributed by atoms with Crippen molar-refractivity contribution in [3.63, 3.8) is 0 Å². The molecule has 0 amide bonds. The van der Waals surface area contributed by atoms with Crippen LogP contribution >= 0.6 is 0 Å². The molecule has 0 unspecified atom stereocenters. The molecule has 2 heterocycles. The minimum atomic E-state index is -0.606. The molecule has 0 radical (unpaired) electrons. The van der Waals surface area contributed by atoms with E-state index in [0.717, 1.165) is 12.8 Å². The first-order chi connectivity index (χ1) is 10.8. The Morgan fingerprint density at radius 1 is 1.04 bits per heavy atom. The average Bonchev–Trinajstić information content (AvgIpc) is 3.20. The summed E-state index contributed by atoms with van der Waals surface area (Å²) in [7, 11) is 0. The van der Waals surface area contributed by atoms with Gasteiger partial charge in [0.05, 0.1) is 25.4 Å². The van der Waals surface area contributed by atoms with E-state index in [0.29, 0.717) is 13.2 Å². The summed E-state index contributed by atoms with van der Waals surface area (Å²) in [5, 5.41) is 0. The zero-order valence-corrected chi connectivity index (χ0v) is 14.3. The van der Waals surface area contributed by atoms with Crippen LogP contribution in [0.3, 0.4) is 0 Å². The number of ether oxygens (including phenoxy) is 4. The third-order valence-electron chi connectivity index (χ3n) is 7.50. The van der Waals surface area contributed by atoms with Crippen LogP contribution in [-0.4, -0.2) is 43.3 Å². The lowest BCUT2D eigenvalue weighted by Crippen LogP contribution is -2.57. The highest BCUT2D eigenvalue weighted by molar-refractivity contribution is 5.66. The van der Waals surface area contributed by atoms with E-state index in [1.54, 1.807) is 0 Å². The summed E-state index contributed by atoms with van der Waals surface area (Å²) in [6.07, 6.45) is 3.00. The standard InChI is InChI=1S/C18H26O5/c1-10-7-18(20-5-6-21-18)14-16(4)8-11(17(10,14)9-19)12-13(16)23-15(2,3)22-12/h9-14H,5-8H2,1-4H3/t10-,11-,12+,13+,14-,16+,17+/m1/s1. The Labute approximate surface area is 137 Å². The second kappa shape index (κ2) is 4.01. The topological polar surface area (TPSA) is 54.0 Å². The lowest BCUT2D eigenvalue weighted by atomic mass is 9.59. The number of aldehydes is 1. The van der Waals surface area contributed by atoms with Gasteiger partial charge in [0.2, 0.25) is 0 Å². The fraction of sp³-hybridized carbons (Fsp3) is 0.944. The van der Waals surface area contributed by atoms with E-state index in [2.05, 4.69) is 13.8 Å². The number of rotatable bonds is 1. The number of carbonyl (C=O) groups excluding carboxylic acids is 1. The van der Waals surface area contributed by atoms with E-state index in [4.69, 9.17) is 18.9 Å². The van der Waals surface area contributed by atoms with Gasteiger partial charge in [-0.2, -0.15) is 0 Å². The van der Waals surface area contributed by atoms with Crippen LogP contribution in [0.15, 0.2) is 0 Å². The summed E-state index contributed by atoms with van der Waals surface area (Å²) in [5.74, 6) is -0.690. The molecule has 5 heteroatoms. The molecule has 2 bridgehead atoms. The molecule has 5 fully saturated rings. The van der Waals surface area contributed by atoms with E-state index in [-0.39, 0.29) is 35.4 Å². The van der Waals surface area contributed by atoms with Gasteiger partial charge in [-0.05, 0) is 26.2 Å². The summed E-state index contributed by atoms with van der Waals surface area (Å²) in [5.41, 5.74) is -0.552. The average molecular weight is 322 g/mol. The van der Waals surface area contributed by atoms with Crippen molar-refractivity contribution in [1.82, 2.24) is 0 Å². The summed E-state index contributed by atoms with van der Waals surface area (Å²) in [4.78, 5) is 12.4. The predicted octanol–water partition coefficient (Wildman–Crippen LogP) is 2.13. The first-order valence-corrected chi connectivity index (χ1v) is 8.89. The molecule has 1 spiro atoms. The van der Waals surface area contributed by atoms with Crippen LogP contribution in [0.1, 0.15) is 40.5 Å². The van der Waals surface area contributed by atoms with Gasteiger partial charge in [-0.25, -0.2) is 0 Å². The summed E-state index contributed by atoms with van der Waals surface area (Å²) >= 11 is 0. The molecule has 0 aromatic carbocycles. The maximum absolute atomic E-state index is 12.4. The quantitative estimate of drug-likeness (QED) is 0.692. The zero-order chi connectivity index (χ0) is 16.3. The molecular weight excluding hydrogens is 296 g/mol. The monoisotopic (exact) mass is 322 g/mol. The molecule has 5 rings (SSSR count). The Bertz CT molecular complexity index is 568. The van der Waals surface area contributed by atoms with Crippen LogP contribution in [0.2, 0.25) is 0 Å². The first kappa shape index (κ1) is 14.8. The van der Waals surface area contributed by atoms with Crippen molar-refractivity contribution in [2.45, 2.75) is 64.3 Å². The van der Waals surface area contributed by atoms with Gasteiger partial charge in [-0.15, -0.1) is 0 Å². The molecule has 0 aromatic heterocycles. The minimum Gasteiger partial charge on any atom is -0.347 e. The Morgan fingerprint density at radius 2 is 1.74 bits per heavy atom. The van der Waals surface area contributed by atoms with Gasteiger partial charge in [-0.3, -0.25) is 0 Å². The Balaban J connectivity index is 1.67. The number of hydrogen-bond donors (Lipinski definition) is 0. The molecule has 3 saturated carbocycles. The number of hydrogen-bond acceptors (Lipinski definition) is 5. The van der Waals surface area contributed by atoms with Gasteiger partial charge in [0, 0.05) is 29.1 Å². The molecular formula is C18H26O5. The van der Waals surface area contributed by atoms with E-state index in [9.17, 15) is 4.79 Å². The van der Waals surface area contributed by atoms with E-state index in [1.807, 2.05) is 13.8 Å². The molecule has 2 aliphatic heterocycles. The molecule has 0 N–H and O–H groups in total. The van der Waals surface area contributed by atoms with Crippen LogP contribution in [0.25, 0.3) is 0 Å². The third kappa shape index (κ3) is 1.44. The molecule has 23 heavy (non-hydrogen) atoms. The van der Waals surface area contributed by atoms with Crippen LogP contribution in [0.4, 0.5) is 0 Å². The van der Waals surface area contributed by atoms with Gasteiger partial charge in [0.1, 0.15) is 6.29 Å². The van der Waals surface area contributed by atoms with Crippen molar-refractivity contribution < 1.29 is 23.7 Å². The highest BCUT2D eigenvalue weighted by Gasteiger charge is 2.83. The van der Waals surface area contributed by atoms with Gasteiger partial charge >= 0.3 is 0 Å². The van der Waals surface area contributed by atoms with E-state index < -0.39 is 17.0 Å². The predicted molar refractivity (Wildman–Crippen MR) is 80.4 cm³/mol. The SMILES string of the molecule is C[C@@H]1CC2(OCCO2)[C@@H]2[C@@]3(C)C[C@H]([C@@H]4OC(C)(C)O[C@@H]43)[C@]12C=O. The first-order valence-electron chi connectivity index (χ1n) is 8.89. The largest absolute Gasteiger partial charge is 0.347 e. The smallest absolute Gasteiger partial charge is 0.173 e. The fourth-order valence-corrected chi connectivity index (χ4v) is 7.11. The van der Waals surface area contributed by atoms with Crippen molar-refractivity contribution >= 4 is 6.29 Å². The highest BCUT2D eigenvalue weighted by atomic mass is 16.8. The van der Waals surface area contributed by atoms with Crippen molar-refractivity contribution in [3.8, 4) is 0 Å². The number of fused-ring (bicyclic) bond motifs is 9. The highest BCUT2D eigenvalue weighted by Crippen LogP contribution is 2.78.